The number of amides is 2. The van der Waals surface area contributed by atoms with Crippen molar-refractivity contribution in [1.29, 1.82) is 0 Å². The van der Waals surface area contributed by atoms with E-state index in [2.05, 4.69) is 15.6 Å². The van der Waals surface area contributed by atoms with E-state index in [1.54, 1.807) is 13.3 Å². The highest BCUT2D eigenvalue weighted by Crippen LogP contribution is 2.12. The van der Waals surface area contributed by atoms with Crippen molar-refractivity contribution in [3.05, 3.63) is 48.2 Å². The van der Waals surface area contributed by atoms with Gasteiger partial charge in [-0.3, -0.25) is 0 Å². The number of ether oxygens (including phenoxy) is 1. The Morgan fingerprint density at radius 2 is 1.91 bits per heavy atom. The lowest BCUT2D eigenvalue weighted by atomic mass is 10.2. The first-order valence-electron chi connectivity index (χ1n) is 6.89. The van der Waals surface area contributed by atoms with Crippen LogP contribution in [0.3, 0.4) is 0 Å². The molecule has 0 fully saturated rings. The molecule has 0 bridgehead atoms. The van der Waals surface area contributed by atoms with Gasteiger partial charge in [-0.25, -0.2) is 9.78 Å². The van der Waals surface area contributed by atoms with Gasteiger partial charge in [-0.05, 0) is 29.8 Å². The molecular formula is C16H20N4O2. The van der Waals surface area contributed by atoms with Crippen LogP contribution in [0.15, 0.2) is 42.6 Å². The van der Waals surface area contributed by atoms with Crippen molar-refractivity contribution in [3.8, 4) is 5.75 Å². The molecule has 2 aromatic rings. The number of anilines is 2. The van der Waals surface area contributed by atoms with Gasteiger partial charge in [-0.1, -0.05) is 12.1 Å². The average molecular weight is 300 g/mol. The van der Waals surface area contributed by atoms with Gasteiger partial charge in [0.05, 0.1) is 19.0 Å². The van der Waals surface area contributed by atoms with E-state index in [4.69, 9.17) is 4.74 Å². The van der Waals surface area contributed by atoms with Crippen molar-refractivity contribution in [3.63, 3.8) is 0 Å². The second-order valence-electron chi connectivity index (χ2n) is 4.96. The first kappa shape index (κ1) is 15.6. The Labute approximate surface area is 130 Å². The van der Waals surface area contributed by atoms with E-state index >= 15 is 0 Å². The van der Waals surface area contributed by atoms with Gasteiger partial charge in [-0.2, -0.15) is 0 Å². The van der Waals surface area contributed by atoms with Gasteiger partial charge < -0.3 is 20.3 Å². The lowest BCUT2D eigenvalue weighted by Crippen LogP contribution is -2.28. The predicted octanol–water partition coefficient (Wildman–Crippen LogP) is 2.48. The van der Waals surface area contributed by atoms with Gasteiger partial charge in [0.15, 0.2) is 0 Å². The lowest BCUT2D eigenvalue weighted by Gasteiger charge is -2.12. The standard InChI is InChI=1S/C16H20N4O2/c1-20(2)15-9-6-13(11-17-15)19-16(21)18-10-12-4-7-14(22-3)8-5-12/h4-9,11H,10H2,1-3H3,(H2,18,19,21). The molecule has 0 unspecified atom stereocenters. The molecule has 116 valence electrons. The van der Waals surface area contributed by atoms with Crippen LogP contribution in [0.5, 0.6) is 5.75 Å². The zero-order valence-electron chi connectivity index (χ0n) is 13.0. The van der Waals surface area contributed by atoms with Crippen molar-refractivity contribution < 1.29 is 9.53 Å². The average Bonchev–Trinajstić information content (AvgIpc) is 2.54. The number of hydrogen-bond acceptors (Lipinski definition) is 4. The molecule has 0 spiro atoms. The number of hydrogen-bond donors (Lipinski definition) is 2. The van der Waals surface area contributed by atoms with Crippen molar-refractivity contribution in [1.82, 2.24) is 10.3 Å². The maximum absolute atomic E-state index is 11.8. The molecule has 0 aliphatic heterocycles. The van der Waals surface area contributed by atoms with Crippen LogP contribution in [0.25, 0.3) is 0 Å². The van der Waals surface area contributed by atoms with Gasteiger partial charge in [0.1, 0.15) is 11.6 Å². The van der Waals surface area contributed by atoms with Crippen LogP contribution in [0.1, 0.15) is 5.56 Å². The zero-order chi connectivity index (χ0) is 15.9. The van der Waals surface area contributed by atoms with E-state index in [1.165, 1.54) is 0 Å². The summed E-state index contributed by atoms with van der Waals surface area (Å²) in [5, 5.41) is 5.54. The van der Waals surface area contributed by atoms with Crippen LogP contribution in [-0.4, -0.2) is 32.2 Å². The molecule has 2 amide bonds. The van der Waals surface area contributed by atoms with Gasteiger partial charge in [0.2, 0.25) is 0 Å². The highest BCUT2D eigenvalue weighted by molar-refractivity contribution is 5.89. The number of nitrogens with zero attached hydrogens (tertiary/aromatic N) is 2. The Hall–Kier alpha value is -2.76. The van der Waals surface area contributed by atoms with Crippen LogP contribution in [0.2, 0.25) is 0 Å². The second-order valence-corrected chi connectivity index (χ2v) is 4.96. The molecule has 2 N–H and O–H groups in total. The van der Waals surface area contributed by atoms with Crippen molar-refractivity contribution in [2.75, 3.05) is 31.4 Å². The molecule has 0 aliphatic carbocycles. The van der Waals surface area contributed by atoms with Crippen LogP contribution in [0.4, 0.5) is 16.3 Å². The van der Waals surface area contributed by atoms with Crippen LogP contribution < -0.4 is 20.3 Å². The smallest absolute Gasteiger partial charge is 0.319 e. The third-order valence-electron chi connectivity index (χ3n) is 3.08. The fourth-order valence-corrected chi connectivity index (χ4v) is 1.83. The largest absolute Gasteiger partial charge is 0.497 e. The molecule has 0 aliphatic rings. The number of carbonyl (C=O) groups is 1. The van der Waals surface area contributed by atoms with Crippen LogP contribution in [0, 0.1) is 0 Å². The van der Waals surface area contributed by atoms with Gasteiger partial charge >= 0.3 is 6.03 Å². The fourth-order valence-electron chi connectivity index (χ4n) is 1.83. The minimum Gasteiger partial charge on any atom is -0.497 e. The highest BCUT2D eigenvalue weighted by Gasteiger charge is 2.03. The van der Waals surface area contributed by atoms with Crippen LogP contribution in [-0.2, 0) is 6.54 Å². The van der Waals surface area contributed by atoms with Crippen LogP contribution >= 0.6 is 0 Å². The van der Waals surface area contributed by atoms with Gasteiger partial charge in [-0.15, -0.1) is 0 Å². The summed E-state index contributed by atoms with van der Waals surface area (Å²) in [7, 11) is 5.45. The van der Waals surface area contributed by atoms with E-state index in [0.717, 1.165) is 17.1 Å². The number of aromatic nitrogens is 1. The Kier molecular flexibility index (Phi) is 5.19. The minimum atomic E-state index is -0.268. The number of nitrogens with one attached hydrogen (secondary N) is 2. The molecule has 0 atom stereocenters. The van der Waals surface area contributed by atoms with E-state index in [0.29, 0.717) is 12.2 Å². The Morgan fingerprint density at radius 1 is 1.18 bits per heavy atom. The predicted molar refractivity (Wildman–Crippen MR) is 87.4 cm³/mol. The summed E-state index contributed by atoms with van der Waals surface area (Å²) < 4.78 is 5.09. The molecule has 6 nitrogen and oxygen atoms in total. The summed E-state index contributed by atoms with van der Waals surface area (Å²) in [6, 6.07) is 10.9. The monoisotopic (exact) mass is 300 g/mol. The van der Waals surface area contributed by atoms with Crippen molar-refractivity contribution >= 4 is 17.5 Å². The highest BCUT2D eigenvalue weighted by atomic mass is 16.5. The summed E-state index contributed by atoms with van der Waals surface area (Å²) in [4.78, 5) is 18.0. The first-order valence-corrected chi connectivity index (χ1v) is 6.89. The molecule has 0 saturated heterocycles. The van der Waals surface area contributed by atoms with E-state index in [-0.39, 0.29) is 6.03 Å². The summed E-state index contributed by atoms with van der Waals surface area (Å²) >= 11 is 0. The van der Waals surface area contributed by atoms with E-state index in [1.807, 2.05) is 55.4 Å². The lowest BCUT2D eigenvalue weighted by molar-refractivity contribution is 0.251. The SMILES string of the molecule is COc1ccc(CNC(=O)Nc2ccc(N(C)C)nc2)cc1. The first-order chi connectivity index (χ1) is 10.6. The number of carbonyl (C=O) groups excluding carboxylic acids is 1. The molecule has 1 heterocycles. The number of benzene rings is 1. The number of methoxy groups -OCH3 is 1. The number of urea groups is 1. The molecule has 1 aromatic carbocycles. The number of pyridine rings is 1. The minimum absolute atomic E-state index is 0.268. The van der Waals surface area contributed by atoms with Gasteiger partial charge in [0.25, 0.3) is 0 Å². The molecule has 22 heavy (non-hydrogen) atoms. The Morgan fingerprint density at radius 3 is 2.45 bits per heavy atom. The zero-order valence-corrected chi connectivity index (χ0v) is 13.0. The fraction of sp³-hybridized carbons (Fsp3) is 0.250. The Balaban J connectivity index is 1.84. The molecule has 0 saturated carbocycles. The molecule has 1 aromatic heterocycles. The number of rotatable bonds is 5. The summed E-state index contributed by atoms with van der Waals surface area (Å²) in [6.07, 6.45) is 1.63. The van der Waals surface area contributed by atoms with Crippen molar-refractivity contribution in [2.24, 2.45) is 0 Å². The van der Waals surface area contributed by atoms with E-state index < -0.39 is 0 Å². The topological polar surface area (TPSA) is 66.5 Å². The molecular weight excluding hydrogens is 280 g/mol. The quantitative estimate of drug-likeness (QED) is 0.890. The third kappa shape index (κ3) is 4.37. The normalized spacial score (nSPS) is 9.95. The molecule has 2 rings (SSSR count). The second kappa shape index (κ2) is 7.31. The summed E-state index contributed by atoms with van der Waals surface area (Å²) in [5.41, 5.74) is 1.65. The molecule has 0 radical (unpaired) electrons. The Bertz CT molecular complexity index is 609. The third-order valence-corrected chi connectivity index (χ3v) is 3.08. The van der Waals surface area contributed by atoms with E-state index in [9.17, 15) is 4.79 Å². The molecule has 6 heteroatoms. The summed E-state index contributed by atoms with van der Waals surface area (Å²) in [6.45, 7) is 0.443. The maximum atomic E-state index is 11.8. The van der Waals surface area contributed by atoms with Gasteiger partial charge in [0, 0.05) is 20.6 Å². The maximum Gasteiger partial charge on any atom is 0.319 e. The summed E-state index contributed by atoms with van der Waals surface area (Å²) in [5.74, 6) is 1.63. The van der Waals surface area contributed by atoms with Crippen molar-refractivity contribution in [2.45, 2.75) is 6.54 Å².